The number of anilines is 3. The van der Waals surface area contributed by atoms with Gasteiger partial charge in [0.25, 0.3) is 0 Å². The minimum atomic E-state index is 1.14. The first-order chi connectivity index (χ1) is 27.2. The molecular formula is C54H49N. The maximum atomic E-state index is 2.47. The summed E-state index contributed by atoms with van der Waals surface area (Å²) < 4.78 is 0. The molecule has 1 heteroatoms. The van der Waals surface area contributed by atoms with Crippen molar-refractivity contribution in [3.05, 3.63) is 175 Å². The molecule has 9 rings (SSSR count). The van der Waals surface area contributed by atoms with E-state index in [1.807, 2.05) is 0 Å². The van der Waals surface area contributed by atoms with Crippen molar-refractivity contribution >= 4 is 60.2 Å². The third-order valence-corrected chi connectivity index (χ3v) is 11.7. The fraction of sp³-hybridized carbons (Fsp3) is 0.185. The van der Waals surface area contributed by atoms with Gasteiger partial charge in [0, 0.05) is 16.8 Å². The van der Waals surface area contributed by atoms with Crippen molar-refractivity contribution in [2.24, 2.45) is 0 Å². The number of unbranched alkanes of at least 4 members (excludes halogenated alkanes) is 4. The van der Waals surface area contributed by atoms with Gasteiger partial charge in [0.05, 0.1) is 5.69 Å². The molecule has 0 heterocycles. The Morgan fingerprint density at radius 3 is 1.24 bits per heavy atom. The summed E-state index contributed by atoms with van der Waals surface area (Å²) in [5.41, 5.74) is 11.3. The van der Waals surface area contributed by atoms with Gasteiger partial charge >= 0.3 is 0 Å². The summed E-state index contributed by atoms with van der Waals surface area (Å²) in [6.07, 6.45) is 9.90. The van der Waals surface area contributed by atoms with E-state index in [1.165, 1.54) is 121 Å². The van der Waals surface area contributed by atoms with Crippen LogP contribution in [-0.2, 0) is 12.8 Å². The maximum absolute atomic E-state index is 2.47. The third kappa shape index (κ3) is 6.74. The standard InChI is InChI=1S/C54H49N/c1-3-5-7-12-38-20-24-40(25-21-38)42-28-33-46(34-29-42)55(47-35-30-43(31-36-47)41-26-22-39(23-27-41)13-8-6-4-2)51-37-32-45-16-10-18-49-48-17-9-14-44-15-11-19-50(52(44)48)54(51)53(45)49/h9-11,14-37H,3-8,12-13H2,1-2H3. The summed E-state index contributed by atoms with van der Waals surface area (Å²) in [6.45, 7) is 4.54. The minimum Gasteiger partial charge on any atom is -0.310 e. The molecule has 0 saturated heterocycles. The number of aryl methyl sites for hydroxylation is 2. The monoisotopic (exact) mass is 711 g/mol. The van der Waals surface area contributed by atoms with Crippen LogP contribution in [-0.4, -0.2) is 0 Å². The molecule has 0 spiro atoms. The number of hydrogen-bond acceptors (Lipinski definition) is 1. The minimum absolute atomic E-state index is 1.14. The van der Waals surface area contributed by atoms with E-state index in [0.717, 1.165) is 24.2 Å². The molecule has 0 radical (unpaired) electrons. The molecule has 9 aromatic carbocycles. The Morgan fingerprint density at radius 1 is 0.345 bits per heavy atom. The third-order valence-electron chi connectivity index (χ3n) is 11.7. The molecule has 270 valence electrons. The van der Waals surface area contributed by atoms with E-state index in [0.29, 0.717) is 0 Å². The molecule has 0 aliphatic carbocycles. The van der Waals surface area contributed by atoms with Gasteiger partial charge in [-0.2, -0.15) is 0 Å². The first kappa shape index (κ1) is 34.8. The average Bonchev–Trinajstić information content (AvgIpc) is 3.24. The second-order valence-electron chi connectivity index (χ2n) is 15.3. The highest BCUT2D eigenvalue weighted by molar-refractivity contribution is 6.35. The van der Waals surface area contributed by atoms with Crippen molar-refractivity contribution < 1.29 is 0 Å². The van der Waals surface area contributed by atoms with Crippen molar-refractivity contribution in [3.63, 3.8) is 0 Å². The summed E-state index contributed by atoms with van der Waals surface area (Å²) in [6, 6.07) is 61.7. The number of rotatable bonds is 13. The summed E-state index contributed by atoms with van der Waals surface area (Å²) in [5.74, 6) is 0. The van der Waals surface area contributed by atoms with Gasteiger partial charge in [-0.3, -0.25) is 0 Å². The van der Waals surface area contributed by atoms with Crippen LogP contribution >= 0.6 is 0 Å². The second-order valence-corrected chi connectivity index (χ2v) is 15.3. The van der Waals surface area contributed by atoms with Crippen molar-refractivity contribution in [1.29, 1.82) is 0 Å². The Balaban J connectivity index is 1.16. The molecule has 0 atom stereocenters. The van der Waals surface area contributed by atoms with Crippen molar-refractivity contribution in [2.45, 2.75) is 65.2 Å². The van der Waals surface area contributed by atoms with Gasteiger partial charge in [-0.25, -0.2) is 0 Å². The first-order valence-corrected chi connectivity index (χ1v) is 20.5. The summed E-state index contributed by atoms with van der Waals surface area (Å²) in [5, 5.41) is 10.4. The summed E-state index contributed by atoms with van der Waals surface area (Å²) in [4.78, 5) is 2.47. The highest BCUT2D eigenvalue weighted by atomic mass is 15.1. The number of nitrogens with zero attached hydrogens (tertiary/aromatic N) is 1. The van der Waals surface area contributed by atoms with E-state index < -0.39 is 0 Å². The van der Waals surface area contributed by atoms with Crippen LogP contribution in [0.2, 0.25) is 0 Å². The molecule has 0 unspecified atom stereocenters. The Labute approximate surface area is 326 Å². The second kappa shape index (κ2) is 15.4. The molecule has 0 aliphatic rings. The Morgan fingerprint density at radius 2 is 0.764 bits per heavy atom. The fourth-order valence-electron chi connectivity index (χ4n) is 8.74. The fourth-order valence-corrected chi connectivity index (χ4v) is 8.74. The highest BCUT2D eigenvalue weighted by Crippen LogP contribution is 2.47. The predicted molar refractivity (Wildman–Crippen MR) is 240 cm³/mol. The van der Waals surface area contributed by atoms with Gasteiger partial charge in [-0.1, -0.05) is 173 Å². The highest BCUT2D eigenvalue weighted by Gasteiger charge is 2.21. The normalized spacial score (nSPS) is 11.7. The van der Waals surface area contributed by atoms with Crippen molar-refractivity contribution in [3.8, 4) is 22.3 Å². The van der Waals surface area contributed by atoms with Gasteiger partial charge in [0.1, 0.15) is 0 Å². The maximum Gasteiger partial charge on any atom is 0.0546 e. The van der Waals surface area contributed by atoms with Crippen LogP contribution < -0.4 is 4.90 Å². The van der Waals surface area contributed by atoms with Crippen LogP contribution in [0.4, 0.5) is 17.1 Å². The number of fused-ring (bicyclic) bond motifs is 2. The van der Waals surface area contributed by atoms with E-state index >= 15 is 0 Å². The molecular weight excluding hydrogens is 663 g/mol. The summed E-state index contributed by atoms with van der Waals surface area (Å²) >= 11 is 0. The molecule has 0 N–H and O–H groups in total. The lowest BCUT2D eigenvalue weighted by Gasteiger charge is -2.29. The largest absolute Gasteiger partial charge is 0.310 e. The quantitative estimate of drug-likeness (QED) is 0.0654. The van der Waals surface area contributed by atoms with E-state index in [2.05, 4.69) is 183 Å². The zero-order valence-corrected chi connectivity index (χ0v) is 32.2. The van der Waals surface area contributed by atoms with Crippen LogP contribution in [0.1, 0.15) is 63.5 Å². The predicted octanol–water partition coefficient (Wildman–Crippen LogP) is 16.0. The molecule has 0 aromatic heterocycles. The Kier molecular flexibility index (Phi) is 9.78. The van der Waals surface area contributed by atoms with Gasteiger partial charge in [-0.15, -0.1) is 0 Å². The van der Waals surface area contributed by atoms with Crippen LogP contribution in [0, 0.1) is 0 Å². The Bertz CT molecular complexity index is 2580. The summed E-state index contributed by atoms with van der Waals surface area (Å²) in [7, 11) is 0. The van der Waals surface area contributed by atoms with Crippen molar-refractivity contribution in [1.82, 2.24) is 0 Å². The first-order valence-electron chi connectivity index (χ1n) is 20.5. The topological polar surface area (TPSA) is 3.24 Å². The van der Waals surface area contributed by atoms with Gasteiger partial charge in [-0.05, 0) is 127 Å². The molecule has 0 amide bonds. The molecule has 0 fully saturated rings. The molecule has 0 aliphatic heterocycles. The SMILES string of the molecule is CCCCCc1ccc(-c2ccc(N(c3ccc(-c4ccc(CCCCC)cc4)cc3)c3ccc4cccc5c6cccc7cccc(c3c45)c76)cc2)cc1. The lowest BCUT2D eigenvalue weighted by Crippen LogP contribution is -2.11. The number of hydrogen-bond donors (Lipinski definition) is 0. The smallest absolute Gasteiger partial charge is 0.0546 e. The lowest BCUT2D eigenvalue weighted by atomic mass is 9.88. The van der Waals surface area contributed by atoms with Crippen LogP contribution in [0.5, 0.6) is 0 Å². The van der Waals surface area contributed by atoms with E-state index in [9.17, 15) is 0 Å². The number of benzene rings is 9. The zero-order chi connectivity index (χ0) is 37.1. The molecule has 9 aromatic rings. The van der Waals surface area contributed by atoms with E-state index in [-0.39, 0.29) is 0 Å². The lowest BCUT2D eigenvalue weighted by molar-refractivity contribution is 0.717. The van der Waals surface area contributed by atoms with Gasteiger partial charge < -0.3 is 4.90 Å². The van der Waals surface area contributed by atoms with Crippen molar-refractivity contribution in [2.75, 3.05) is 4.90 Å². The van der Waals surface area contributed by atoms with Crippen LogP contribution in [0.15, 0.2) is 164 Å². The van der Waals surface area contributed by atoms with Crippen LogP contribution in [0.3, 0.4) is 0 Å². The van der Waals surface area contributed by atoms with E-state index in [4.69, 9.17) is 0 Å². The van der Waals surface area contributed by atoms with Gasteiger partial charge in [0.2, 0.25) is 0 Å². The van der Waals surface area contributed by atoms with E-state index in [1.54, 1.807) is 0 Å². The average molecular weight is 712 g/mol. The molecule has 0 saturated carbocycles. The van der Waals surface area contributed by atoms with Crippen LogP contribution in [0.25, 0.3) is 65.3 Å². The molecule has 55 heavy (non-hydrogen) atoms. The molecule has 0 bridgehead atoms. The zero-order valence-electron chi connectivity index (χ0n) is 32.2. The molecule has 1 nitrogen and oxygen atoms in total. The Hall–Kier alpha value is -5.92. The van der Waals surface area contributed by atoms with Gasteiger partial charge in [0.15, 0.2) is 0 Å².